The first kappa shape index (κ1) is 18.5. The number of carboxylic acids is 1. The molecule has 0 fully saturated rings. The van der Waals surface area contributed by atoms with Crippen molar-refractivity contribution < 1.29 is 14.7 Å². The van der Waals surface area contributed by atoms with Crippen molar-refractivity contribution in [3.63, 3.8) is 0 Å². The van der Waals surface area contributed by atoms with E-state index in [4.69, 9.17) is 5.11 Å². The third-order valence-corrected chi connectivity index (χ3v) is 5.38. The molecule has 0 bridgehead atoms. The molecule has 1 amide bonds. The van der Waals surface area contributed by atoms with Crippen LogP contribution < -0.4 is 5.32 Å². The molecule has 6 nitrogen and oxygen atoms in total. The molecule has 2 N–H and O–H groups in total. The molecule has 0 saturated carbocycles. The van der Waals surface area contributed by atoms with Crippen LogP contribution in [0.2, 0.25) is 0 Å². The summed E-state index contributed by atoms with van der Waals surface area (Å²) >= 11 is 1.29. The number of aliphatic carboxylic acids is 1. The van der Waals surface area contributed by atoms with Crippen molar-refractivity contribution in [1.82, 2.24) is 15.1 Å². The van der Waals surface area contributed by atoms with Gasteiger partial charge in [-0.2, -0.15) is 5.10 Å². The number of fused-ring (bicyclic) bond motifs is 1. The van der Waals surface area contributed by atoms with Crippen molar-refractivity contribution in [2.45, 2.75) is 32.6 Å². The second-order valence-corrected chi connectivity index (χ2v) is 7.54. The van der Waals surface area contributed by atoms with E-state index in [0.717, 1.165) is 42.6 Å². The number of carboxylic acid groups (broad SMARTS) is 1. The van der Waals surface area contributed by atoms with E-state index in [9.17, 15) is 9.59 Å². The maximum Gasteiger partial charge on any atom is 0.313 e. The number of carbonyl (C=O) groups is 2. The highest BCUT2D eigenvalue weighted by atomic mass is 32.2. The van der Waals surface area contributed by atoms with E-state index in [1.807, 2.05) is 35.9 Å². The molecule has 0 atom stereocenters. The topological polar surface area (TPSA) is 84.2 Å². The SMILES string of the molecule is Cc1ccc(-n2nc(C(=O)NCCSCC(=O)O)c3c2CCCC3)cc1. The summed E-state index contributed by atoms with van der Waals surface area (Å²) in [6.45, 7) is 2.48. The molecule has 1 aliphatic carbocycles. The van der Waals surface area contributed by atoms with E-state index < -0.39 is 5.97 Å². The Morgan fingerprint density at radius 1 is 1.23 bits per heavy atom. The lowest BCUT2D eigenvalue weighted by molar-refractivity contribution is -0.133. The second kappa shape index (κ2) is 8.40. The highest BCUT2D eigenvalue weighted by Crippen LogP contribution is 2.27. The summed E-state index contributed by atoms with van der Waals surface area (Å²) < 4.78 is 1.90. The molecule has 1 heterocycles. The zero-order chi connectivity index (χ0) is 18.5. The van der Waals surface area contributed by atoms with Gasteiger partial charge < -0.3 is 10.4 Å². The van der Waals surface area contributed by atoms with Crippen molar-refractivity contribution in [2.24, 2.45) is 0 Å². The highest BCUT2D eigenvalue weighted by molar-refractivity contribution is 7.99. The molecule has 7 heteroatoms. The number of thioether (sulfide) groups is 1. The zero-order valence-corrected chi connectivity index (χ0v) is 15.6. The van der Waals surface area contributed by atoms with Crippen LogP contribution in [0.4, 0.5) is 0 Å². The maximum absolute atomic E-state index is 12.6. The largest absolute Gasteiger partial charge is 0.481 e. The average Bonchev–Trinajstić information content (AvgIpc) is 3.01. The second-order valence-electron chi connectivity index (χ2n) is 6.43. The Hall–Kier alpha value is -2.28. The van der Waals surface area contributed by atoms with Gasteiger partial charge in [0, 0.05) is 23.6 Å². The summed E-state index contributed by atoms with van der Waals surface area (Å²) in [7, 11) is 0. The van der Waals surface area contributed by atoms with Crippen molar-refractivity contribution >= 4 is 23.6 Å². The van der Waals surface area contributed by atoms with Gasteiger partial charge in [0.2, 0.25) is 0 Å². The first-order valence-electron chi connectivity index (χ1n) is 8.82. The number of benzene rings is 1. The van der Waals surface area contributed by atoms with Crippen LogP contribution in [0.5, 0.6) is 0 Å². The molecule has 138 valence electrons. The van der Waals surface area contributed by atoms with Crippen LogP contribution in [0.15, 0.2) is 24.3 Å². The van der Waals surface area contributed by atoms with E-state index in [1.165, 1.54) is 17.3 Å². The van der Waals surface area contributed by atoms with Crippen LogP contribution in [0, 0.1) is 6.92 Å². The van der Waals surface area contributed by atoms with Crippen molar-refractivity contribution in [3.8, 4) is 5.69 Å². The molecule has 0 aliphatic heterocycles. The van der Waals surface area contributed by atoms with Crippen LogP contribution in [0.1, 0.15) is 40.2 Å². The van der Waals surface area contributed by atoms with Crippen molar-refractivity contribution in [1.29, 1.82) is 0 Å². The van der Waals surface area contributed by atoms with E-state index >= 15 is 0 Å². The van der Waals surface area contributed by atoms with Gasteiger partial charge in [0.25, 0.3) is 5.91 Å². The third kappa shape index (κ3) is 4.27. The summed E-state index contributed by atoms with van der Waals surface area (Å²) in [6.07, 6.45) is 3.98. The van der Waals surface area contributed by atoms with E-state index in [2.05, 4.69) is 10.4 Å². The smallest absolute Gasteiger partial charge is 0.313 e. The summed E-state index contributed by atoms with van der Waals surface area (Å²) in [5.74, 6) is -0.399. The van der Waals surface area contributed by atoms with Gasteiger partial charge in [-0.05, 0) is 44.7 Å². The van der Waals surface area contributed by atoms with Gasteiger partial charge in [-0.3, -0.25) is 9.59 Å². The van der Waals surface area contributed by atoms with Crippen LogP contribution in [0.3, 0.4) is 0 Å². The van der Waals surface area contributed by atoms with Gasteiger partial charge in [-0.1, -0.05) is 17.7 Å². The van der Waals surface area contributed by atoms with Gasteiger partial charge in [0.15, 0.2) is 5.69 Å². The van der Waals surface area contributed by atoms with Gasteiger partial charge in [0.05, 0.1) is 11.4 Å². The Kier molecular flexibility index (Phi) is 5.98. The molecule has 0 unspecified atom stereocenters. The molecule has 1 aliphatic rings. The van der Waals surface area contributed by atoms with Gasteiger partial charge >= 0.3 is 5.97 Å². The van der Waals surface area contributed by atoms with E-state index in [1.54, 1.807) is 0 Å². The van der Waals surface area contributed by atoms with Crippen LogP contribution in [0.25, 0.3) is 5.69 Å². The Balaban J connectivity index is 1.76. The minimum Gasteiger partial charge on any atom is -0.481 e. The average molecular weight is 373 g/mol. The number of hydrogen-bond donors (Lipinski definition) is 2. The lowest BCUT2D eigenvalue weighted by atomic mass is 9.95. The molecule has 1 aromatic heterocycles. The fourth-order valence-corrected chi connectivity index (χ4v) is 3.73. The maximum atomic E-state index is 12.6. The summed E-state index contributed by atoms with van der Waals surface area (Å²) in [5.41, 5.74) is 4.85. The number of hydrogen-bond acceptors (Lipinski definition) is 4. The fraction of sp³-hybridized carbons (Fsp3) is 0.421. The number of aromatic nitrogens is 2. The standard InChI is InChI=1S/C19H23N3O3S/c1-13-6-8-14(9-7-13)22-16-5-3-2-4-15(16)18(21-22)19(25)20-10-11-26-12-17(23)24/h6-9H,2-5,10-12H2,1H3,(H,20,25)(H,23,24). The Bertz CT molecular complexity index is 799. The first-order chi connectivity index (χ1) is 12.6. The molecule has 2 aromatic rings. The van der Waals surface area contributed by atoms with Crippen LogP contribution >= 0.6 is 11.8 Å². The minimum absolute atomic E-state index is 0.0489. The highest BCUT2D eigenvalue weighted by Gasteiger charge is 2.25. The summed E-state index contributed by atoms with van der Waals surface area (Å²) in [5, 5.41) is 16.1. The molecule has 0 saturated heterocycles. The summed E-state index contributed by atoms with van der Waals surface area (Å²) in [6, 6.07) is 8.15. The quantitative estimate of drug-likeness (QED) is 0.729. The Morgan fingerprint density at radius 3 is 2.69 bits per heavy atom. The number of nitrogens with zero attached hydrogens (tertiary/aromatic N) is 2. The number of carbonyl (C=O) groups excluding carboxylic acids is 1. The predicted octanol–water partition coefficient (Wildman–Crippen LogP) is 2.61. The van der Waals surface area contributed by atoms with Crippen molar-refractivity contribution in [2.75, 3.05) is 18.1 Å². The Labute approximate surface area is 157 Å². The third-order valence-electron chi connectivity index (χ3n) is 4.43. The molecular weight excluding hydrogens is 350 g/mol. The predicted molar refractivity (Wildman–Crippen MR) is 102 cm³/mol. The monoisotopic (exact) mass is 373 g/mol. The zero-order valence-electron chi connectivity index (χ0n) is 14.8. The molecule has 0 radical (unpaired) electrons. The summed E-state index contributed by atoms with van der Waals surface area (Å²) in [4.78, 5) is 23.1. The molecule has 0 spiro atoms. The van der Waals surface area contributed by atoms with Gasteiger partial charge in [-0.25, -0.2) is 4.68 Å². The number of rotatable bonds is 7. The Morgan fingerprint density at radius 2 is 1.96 bits per heavy atom. The van der Waals surface area contributed by atoms with Crippen molar-refractivity contribution in [3.05, 3.63) is 46.8 Å². The van der Waals surface area contributed by atoms with E-state index in [0.29, 0.717) is 18.0 Å². The molecular formula is C19H23N3O3S. The molecule has 1 aromatic carbocycles. The van der Waals surface area contributed by atoms with Crippen LogP contribution in [-0.2, 0) is 17.6 Å². The lowest BCUT2D eigenvalue weighted by Gasteiger charge is -2.14. The fourth-order valence-electron chi connectivity index (χ4n) is 3.16. The lowest BCUT2D eigenvalue weighted by Crippen LogP contribution is -2.27. The number of amides is 1. The van der Waals surface area contributed by atoms with Crippen LogP contribution in [-0.4, -0.2) is 44.8 Å². The molecule has 3 rings (SSSR count). The number of nitrogens with one attached hydrogen (secondary N) is 1. The van der Waals surface area contributed by atoms with Gasteiger partial charge in [-0.15, -0.1) is 11.8 Å². The van der Waals surface area contributed by atoms with Gasteiger partial charge in [0.1, 0.15) is 0 Å². The first-order valence-corrected chi connectivity index (χ1v) is 9.97. The molecule has 26 heavy (non-hydrogen) atoms. The minimum atomic E-state index is -0.841. The number of aryl methyl sites for hydroxylation is 1. The normalized spacial score (nSPS) is 13.3. The van der Waals surface area contributed by atoms with E-state index in [-0.39, 0.29) is 11.7 Å².